The van der Waals surface area contributed by atoms with Crippen LogP contribution in [-0.4, -0.2) is 34.2 Å². The maximum atomic E-state index is 11.1. The van der Waals surface area contributed by atoms with Gasteiger partial charge in [-0.15, -0.1) is 0 Å². The Balaban J connectivity index is 1.70. The quantitative estimate of drug-likeness (QED) is 0.583. The maximum Gasteiger partial charge on any atom is 0.305 e. The summed E-state index contributed by atoms with van der Waals surface area (Å²) in [7, 11) is 0. The van der Waals surface area contributed by atoms with Crippen LogP contribution in [0.15, 0.2) is 28.9 Å². The Kier molecular flexibility index (Phi) is 5.83. The lowest BCUT2D eigenvalue weighted by Gasteiger charge is -2.02. The highest BCUT2D eigenvalue weighted by molar-refractivity contribution is 5.69. The van der Waals surface area contributed by atoms with Gasteiger partial charge in [-0.1, -0.05) is 11.2 Å². The fraction of sp³-hybridized carbons (Fsp3) is 0.429. The first-order valence-electron chi connectivity index (χ1n) is 6.90. The van der Waals surface area contributed by atoms with Crippen LogP contribution in [0.3, 0.4) is 0 Å². The summed E-state index contributed by atoms with van der Waals surface area (Å²) in [6.45, 7) is 3.36. The lowest BCUT2D eigenvalue weighted by atomic mass is 10.3. The molecule has 0 atom stereocenters. The van der Waals surface area contributed by atoms with Crippen molar-refractivity contribution in [1.29, 1.82) is 0 Å². The Bertz CT molecular complexity index is 556. The molecule has 0 unspecified atom stereocenters. The highest BCUT2D eigenvalue weighted by Gasteiger charge is 2.08. The Labute approximate surface area is 122 Å². The van der Waals surface area contributed by atoms with Gasteiger partial charge in [0.05, 0.1) is 13.2 Å². The van der Waals surface area contributed by atoms with Crippen molar-refractivity contribution in [3.05, 3.63) is 30.3 Å². The van der Waals surface area contributed by atoms with Gasteiger partial charge in [-0.05, 0) is 32.0 Å². The predicted octanol–water partition coefficient (Wildman–Crippen LogP) is 1.56. The number of hydrogen-bond donors (Lipinski definition) is 1. The van der Waals surface area contributed by atoms with Crippen molar-refractivity contribution >= 4 is 5.97 Å². The number of carbonyl (C=O) groups is 1. The molecule has 2 heterocycles. The van der Waals surface area contributed by atoms with Crippen LogP contribution in [0.5, 0.6) is 0 Å². The molecule has 112 valence electrons. The van der Waals surface area contributed by atoms with E-state index in [1.165, 1.54) is 0 Å². The number of nitrogens with zero attached hydrogens (tertiary/aromatic N) is 3. The maximum absolute atomic E-state index is 11.1. The van der Waals surface area contributed by atoms with E-state index >= 15 is 0 Å². The zero-order valence-corrected chi connectivity index (χ0v) is 11.9. The van der Waals surface area contributed by atoms with E-state index in [1.54, 1.807) is 13.1 Å². The van der Waals surface area contributed by atoms with Crippen LogP contribution in [-0.2, 0) is 16.1 Å². The highest BCUT2D eigenvalue weighted by atomic mass is 16.5. The minimum atomic E-state index is -0.172. The van der Waals surface area contributed by atoms with Crippen LogP contribution in [0.2, 0.25) is 0 Å². The molecule has 0 aliphatic carbocycles. The number of nitrogens with one attached hydrogen (secondary N) is 1. The summed E-state index contributed by atoms with van der Waals surface area (Å²) in [5.41, 5.74) is 0.676. The third-order valence-corrected chi connectivity index (χ3v) is 2.68. The number of ether oxygens (including phenoxy) is 1. The second-order valence-electron chi connectivity index (χ2n) is 4.31. The first-order chi connectivity index (χ1) is 10.3. The molecular formula is C14H18N4O3. The number of esters is 1. The van der Waals surface area contributed by atoms with Crippen LogP contribution in [0.25, 0.3) is 11.5 Å². The second kappa shape index (κ2) is 8.11. The average Bonchev–Trinajstić information content (AvgIpc) is 2.97. The highest BCUT2D eigenvalue weighted by Crippen LogP contribution is 2.11. The lowest BCUT2D eigenvalue weighted by Crippen LogP contribution is -2.16. The van der Waals surface area contributed by atoms with Crippen molar-refractivity contribution in [2.75, 3.05) is 13.2 Å². The van der Waals surface area contributed by atoms with E-state index in [2.05, 4.69) is 20.4 Å². The molecule has 7 heteroatoms. The first-order valence-corrected chi connectivity index (χ1v) is 6.90. The Morgan fingerprint density at radius 3 is 3.10 bits per heavy atom. The molecule has 0 radical (unpaired) electrons. The molecule has 2 aromatic rings. The van der Waals surface area contributed by atoms with Gasteiger partial charge in [0.2, 0.25) is 11.7 Å². The lowest BCUT2D eigenvalue weighted by molar-refractivity contribution is -0.143. The first kappa shape index (κ1) is 15.1. The van der Waals surface area contributed by atoms with Gasteiger partial charge in [0.25, 0.3) is 0 Å². The average molecular weight is 290 g/mol. The minimum Gasteiger partial charge on any atom is -0.466 e. The Morgan fingerprint density at radius 1 is 1.43 bits per heavy atom. The van der Waals surface area contributed by atoms with E-state index in [0.717, 1.165) is 0 Å². The van der Waals surface area contributed by atoms with E-state index in [4.69, 9.17) is 9.26 Å². The van der Waals surface area contributed by atoms with Crippen LogP contribution in [0.4, 0.5) is 0 Å². The zero-order valence-electron chi connectivity index (χ0n) is 11.9. The van der Waals surface area contributed by atoms with E-state index in [1.807, 2.05) is 18.2 Å². The van der Waals surface area contributed by atoms with Gasteiger partial charge in [0.15, 0.2) is 0 Å². The van der Waals surface area contributed by atoms with Crippen LogP contribution < -0.4 is 5.32 Å². The fourth-order valence-electron chi connectivity index (χ4n) is 1.71. The van der Waals surface area contributed by atoms with Crippen molar-refractivity contribution < 1.29 is 14.1 Å². The van der Waals surface area contributed by atoms with Gasteiger partial charge in [-0.2, -0.15) is 4.98 Å². The molecule has 2 aromatic heterocycles. The van der Waals surface area contributed by atoms with Gasteiger partial charge in [-0.3, -0.25) is 9.78 Å². The minimum absolute atomic E-state index is 0.172. The molecule has 7 nitrogen and oxygen atoms in total. The van der Waals surface area contributed by atoms with E-state index < -0.39 is 0 Å². The molecule has 0 amide bonds. The topological polar surface area (TPSA) is 90.1 Å². The van der Waals surface area contributed by atoms with Gasteiger partial charge >= 0.3 is 5.97 Å². The van der Waals surface area contributed by atoms with E-state index in [0.29, 0.717) is 49.9 Å². The standard InChI is InChI=1S/C14H18N4O3/c1-2-20-13(19)7-5-8-15-10-12-17-14(18-21-12)11-6-3-4-9-16-11/h3-4,6,9,15H,2,5,7-8,10H2,1H3. The monoisotopic (exact) mass is 290 g/mol. The summed E-state index contributed by atoms with van der Waals surface area (Å²) in [6.07, 6.45) is 2.79. The molecule has 0 bridgehead atoms. The Morgan fingerprint density at radius 2 is 2.33 bits per heavy atom. The number of rotatable bonds is 8. The number of carbonyl (C=O) groups excluding carboxylic acids is 1. The number of pyridine rings is 1. The zero-order chi connectivity index (χ0) is 14.9. The van der Waals surface area contributed by atoms with E-state index in [-0.39, 0.29) is 5.97 Å². The fourth-order valence-corrected chi connectivity index (χ4v) is 1.71. The van der Waals surface area contributed by atoms with Gasteiger partial charge in [0, 0.05) is 12.6 Å². The molecule has 1 N–H and O–H groups in total. The van der Waals surface area contributed by atoms with Gasteiger partial charge in [-0.25, -0.2) is 0 Å². The van der Waals surface area contributed by atoms with Crippen LogP contribution in [0, 0.1) is 0 Å². The summed E-state index contributed by atoms with van der Waals surface area (Å²) in [5.74, 6) is 0.792. The second-order valence-corrected chi connectivity index (χ2v) is 4.31. The molecule has 0 fully saturated rings. The molecule has 0 aliphatic rings. The summed E-state index contributed by atoms with van der Waals surface area (Å²) >= 11 is 0. The van der Waals surface area contributed by atoms with Crippen molar-refractivity contribution in [1.82, 2.24) is 20.4 Å². The number of aromatic nitrogens is 3. The molecular weight excluding hydrogens is 272 g/mol. The summed E-state index contributed by atoms with van der Waals surface area (Å²) in [4.78, 5) is 19.5. The molecule has 0 aliphatic heterocycles. The number of hydrogen-bond acceptors (Lipinski definition) is 7. The molecule has 0 spiro atoms. The predicted molar refractivity (Wildman–Crippen MR) is 75.1 cm³/mol. The van der Waals surface area contributed by atoms with Crippen molar-refractivity contribution in [3.8, 4) is 11.5 Å². The van der Waals surface area contributed by atoms with Crippen molar-refractivity contribution in [2.24, 2.45) is 0 Å². The normalized spacial score (nSPS) is 10.5. The molecule has 0 aromatic carbocycles. The molecule has 0 saturated carbocycles. The summed E-state index contributed by atoms with van der Waals surface area (Å²) in [6, 6.07) is 5.52. The summed E-state index contributed by atoms with van der Waals surface area (Å²) < 4.78 is 9.97. The summed E-state index contributed by atoms with van der Waals surface area (Å²) in [5, 5.41) is 7.01. The largest absolute Gasteiger partial charge is 0.466 e. The van der Waals surface area contributed by atoms with Crippen molar-refractivity contribution in [2.45, 2.75) is 26.3 Å². The third-order valence-electron chi connectivity index (χ3n) is 2.68. The molecule has 2 rings (SSSR count). The van der Waals surface area contributed by atoms with Gasteiger partial charge < -0.3 is 14.6 Å². The van der Waals surface area contributed by atoms with Gasteiger partial charge in [0.1, 0.15) is 5.69 Å². The van der Waals surface area contributed by atoms with Crippen LogP contribution >= 0.6 is 0 Å². The van der Waals surface area contributed by atoms with Crippen molar-refractivity contribution in [3.63, 3.8) is 0 Å². The molecule has 21 heavy (non-hydrogen) atoms. The van der Waals surface area contributed by atoms with E-state index in [9.17, 15) is 4.79 Å². The van der Waals surface area contributed by atoms with Crippen LogP contribution in [0.1, 0.15) is 25.7 Å². The molecule has 0 saturated heterocycles. The Hall–Kier alpha value is -2.28. The smallest absolute Gasteiger partial charge is 0.305 e. The third kappa shape index (κ3) is 4.96. The SMILES string of the molecule is CCOC(=O)CCCNCc1nc(-c2ccccn2)no1.